The maximum Gasteiger partial charge on any atom is 0.335 e. The van der Waals surface area contributed by atoms with Gasteiger partial charge in [-0.25, -0.2) is 9.78 Å². The predicted octanol–water partition coefficient (Wildman–Crippen LogP) is 3.26. The van der Waals surface area contributed by atoms with Crippen molar-refractivity contribution in [2.75, 3.05) is 43.5 Å². The van der Waals surface area contributed by atoms with Crippen LogP contribution in [0.3, 0.4) is 0 Å². The molecule has 1 unspecified atom stereocenters. The highest BCUT2D eigenvalue weighted by Gasteiger charge is 2.36. The van der Waals surface area contributed by atoms with E-state index < -0.39 is 5.97 Å². The van der Waals surface area contributed by atoms with Gasteiger partial charge in [-0.1, -0.05) is 0 Å². The van der Waals surface area contributed by atoms with Gasteiger partial charge in [0.2, 0.25) is 5.95 Å². The highest BCUT2D eigenvalue weighted by Crippen LogP contribution is 2.42. The van der Waals surface area contributed by atoms with Crippen molar-refractivity contribution >= 4 is 29.1 Å². The molecule has 1 aromatic heterocycles. The molecule has 2 aromatic rings. The van der Waals surface area contributed by atoms with E-state index in [4.69, 9.17) is 4.98 Å². The molecule has 156 valence electrons. The second-order valence-corrected chi connectivity index (χ2v) is 9.04. The van der Waals surface area contributed by atoms with Gasteiger partial charge in [0.15, 0.2) is 0 Å². The molecule has 2 N–H and O–H groups in total. The summed E-state index contributed by atoms with van der Waals surface area (Å²) in [4.78, 5) is 20.4. The third-order valence-corrected chi connectivity index (χ3v) is 7.06. The number of hydrogen-bond acceptors (Lipinski definition) is 7. The normalized spacial score (nSPS) is 23.2. The van der Waals surface area contributed by atoms with Gasteiger partial charge in [-0.3, -0.25) is 0 Å². The van der Waals surface area contributed by atoms with Crippen LogP contribution in [0.25, 0.3) is 0 Å². The van der Waals surface area contributed by atoms with Crippen LogP contribution < -0.4 is 15.1 Å². The highest BCUT2D eigenvalue weighted by molar-refractivity contribution is 7.05. The molecule has 0 bridgehead atoms. The number of aromatic nitrogens is 2. The minimum Gasteiger partial charge on any atom is -0.478 e. The second-order valence-electron chi connectivity index (χ2n) is 8.26. The van der Waals surface area contributed by atoms with Crippen molar-refractivity contribution in [2.24, 2.45) is 11.8 Å². The Hall–Kier alpha value is -2.19. The summed E-state index contributed by atoms with van der Waals surface area (Å²) in [5.74, 6) is 1.34. The molecule has 2 aliphatic rings. The lowest BCUT2D eigenvalue weighted by Gasteiger charge is -2.43. The Balaban J connectivity index is 1.60. The van der Waals surface area contributed by atoms with E-state index in [0.29, 0.717) is 11.5 Å². The van der Waals surface area contributed by atoms with E-state index in [-0.39, 0.29) is 6.04 Å². The fraction of sp³-hybridized carbons (Fsp3) is 0.571. The molecule has 8 heteroatoms. The van der Waals surface area contributed by atoms with Gasteiger partial charge in [0.25, 0.3) is 0 Å². The van der Waals surface area contributed by atoms with Crippen molar-refractivity contribution in [3.63, 3.8) is 0 Å². The van der Waals surface area contributed by atoms with E-state index >= 15 is 0 Å². The summed E-state index contributed by atoms with van der Waals surface area (Å²) in [6.45, 7) is 3.20. The molecule has 0 aliphatic carbocycles. The molecular formula is C21H29N5O2S. The van der Waals surface area contributed by atoms with Crippen molar-refractivity contribution in [3.8, 4) is 0 Å². The molecule has 2 fully saturated rings. The third-order valence-electron chi connectivity index (χ3n) is 6.26. The first-order valence-corrected chi connectivity index (χ1v) is 11.1. The van der Waals surface area contributed by atoms with Gasteiger partial charge in [0.1, 0.15) is 5.01 Å². The van der Waals surface area contributed by atoms with Gasteiger partial charge in [-0.2, -0.15) is 4.37 Å². The zero-order valence-corrected chi connectivity index (χ0v) is 17.9. The van der Waals surface area contributed by atoms with Gasteiger partial charge in [-0.15, -0.1) is 0 Å². The Kier molecular flexibility index (Phi) is 6.01. The van der Waals surface area contributed by atoms with Crippen LogP contribution in [-0.4, -0.2) is 54.2 Å². The van der Waals surface area contributed by atoms with E-state index in [1.807, 2.05) is 31.1 Å². The fourth-order valence-electron chi connectivity index (χ4n) is 4.62. The summed E-state index contributed by atoms with van der Waals surface area (Å²) in [6.07, 6.45) is 4.75. The third kappa shape index (κ3) is 4.38. The monoisotopic (exact) mass is 415 g/mol. The molecule has 0 spiro atoms. The van der Waals surface area contributed by atoms with Gasteiger partial charge in [-0.05, 0) is 86.4 Å². The lowest BCUT2D eigenvalue weighted by Crippen LogP contribution is -2.41. The smallest absolute Gasteiger partial charge is 0.335 e. The number of hydrogen-bond donors (Lipinski definition) is 2. The summed E-state index contributed by atoms with van der Waals surface area (Å²) < 4.78 is 4.54. The second kappa shape index (κ2) is 8.67. The summed E-state index contributed by atoms with van der Waals surface area (Å²) in [6, 6.07) is 7.42. The van der Waals surface area contributed by atoms with Crippen LogP contribution in [0.15, 0.2) is 24.3 Å². The van der Waals surface area contributed by atoms with Gasteiger partial charge in [0, 0.05) is 26.3 Å². The van der Waals surface area contributed by atoms with Crippen molar-refractivity contribution in [1.82, 2.24) is 14.7 Å². The van der Waals surface area contributed by atoms with Crippen LogP contribution in [0.1, 0.15) is 47.1 Å². The number of piperidine rings is 2. The number of carbonyl (C=O) groups is 1. The summed E-state index contributed by atoms with van der Waals surface area (Å²) in [5, 5.41) is 13.7. The van der Waals surface area contributed by atoms with E-state index in [9.17, 15) is 9.90 Å². The number of carboxylic acids is 1. The van der Waals surface area contributed by atoms with Gasteiger partial charge >= 0.3 is 5.97 Å². The fourth-order valence-corrected chi connectivity index (χ4v) is 5.47. The number of anilines is 2. The first-order chi connectivity index (χ1) is 14.0. The van der Waals surface area contributed by atoms with Crippen molar-refractivity contribution < 1.29 is 9.90 Å². The Morgan fingerprint density at radius 3 is 2.52 bits per heavy atom. The quantitative estimate of drug-likeness (QED) is 0.776. The van der Waals surface area contributed by atoms with Crippen molar-refractivity contribution in [3.05, 3.63) is 34.8 Å². The molecule has 0 radical (unpaired) electrons. The molecule has 2 saturated heterocycles. The Labute approximate surface area is 175 Å². The minimum atomic E-state index is -0.891. The van der Waals surface area contributed by atoms with Crippen molar-refractivity contribution in [2.45, 2.75) is 31.7 Å². The van der Waals surface area contributed by atoms with E-state index in [1.165, 1.54) is 30.8 Å². The molecule has 7 nitrogen and oxygen atoms in total. The van der Waals surface area contributed by atoms with Gasteiger partial charge < -0.3 is 20.2 Å². The van der Waals surface area contributed by atoms with Crippen LogP contribution >= 0.6 is 11.5 Å². The highest BCUT2D eigenvalue weighted by atomic mass is 32.1. The van der Waals surface area contributed by atoms with Crippen LogP contribution in [0, 0.1) is 11.8 Å². The molecule has 2 atom stereocenters. The maximum atomic E-state index is 11.2. The minimum absolute atomic E-state index is 0.186. The molecule has 2 aliphatic heterocycles. The standard InChI is InChI=1S/C21H29N5O2S/c1-25(2)21-23-19(29-24-21)18-13-16(14-7-10-22-11-8-14)9-12-26(18)17-5-3-15(4-6-17)20(27)28/h3-6,14,16,18,22H,7-13H2,1-2H3,(H,27,28)/t16?,18-/m1/s1. The average molecular weight is 416 g/mol. The zero-order chi connectivity index (χ0) is 20.4. The van der Waals surface area contributed by atoms with E-state index in [1.54, 1.807) is 12.1 Å². The number of benzene rings is 1. The van der Waals surface area contributed by atoms with Gasteiger partial charge in [0.05, 0.1) is 11.6 Å². The molecule has 29 heavy (non-hydrogen) atoms. The number of nitrogens with zero attached hydrogens (tertiary/aromatic N) is 4. The molecule has 0 saturated carbocycles. The Morgan fingerprint density at radius 1 is 1.17 bits per heavy atom. The topological polar surface area (TPSA) is 81.6 Å². The Bertz CT molecular complexity index is 832. The Morgan fingerprint density at radius 2 is 1.90 bits per heavy atom. The number of rotatable bonds is 5. The molecule has 0 amide bonds. The molecule has 3 heterocycles. The summed E-state index contributed by atoms with van der Waals surface area (Å²) in [5.41, 5.74) is 1.38. The van der Waals surface area contributed by atoms with Crippen LogP contribution in [0.4, 0.5) is 11.6 Å². The van der Waals surface area contributed by atoms with Crippen LogP contribution in [-0.2, 0) is 0 Å². The van der Waals surface area contributed by atoms with Crippen molar-refractivity contribution in [1.29, 1.82) is 0 Å². The van der Waals surface area contributed by atoms with E-state index in [0.717, 1.165) is 48.6 Å². The average Bonchev–Trinajstić information content (AvgIpc) is 3.25. The molecule has 1 aromatic carbocycles. The van der Waals surface area contributed by atoms with Crippen LogP contribution in [0.2, 0.25) is 0 Å². The number of nitrogens with one attached hydrogen (secondary N) is 1. The van der Waals surface area contributed by atoms with E-state index in [2.05, 4.69) is 14.6 Å². The predicted molar refractivity (Wildman–Crippen MR) is 116 cm³/mol. The lowest BCUT2D eigenvalue weighted by atomic mass is 9.77. The maximum absolute atomic E-state index is 11.2. The molecule has 4 rings (SSSR count). The zero-order valence-electron chi connectivity index (χ0n) is 17.0. The first kappa shape index (κ1) is 20.1. The van der Waals surface area contributed by atoms with Crippen LogP contribution in [0.5, 0.6) is 0 Å². The number of carboxylic acid groups (broad SMARTS) is 1. The summed E-state index contributed by atoms with van der Waals surface area (Å²) in [7, 11) is 3.93. The largest absolute Gasteiger partial charge is 0.478 e. The first-order valence-electron chi connectivity index (χ1n) is 10.3. The summed E-state index contributed by atoms with van der Waals surface area (Å²) >= 11 is 1.49. The number of aromatic carboxylic acids is 1. The molecular weight excluding hydrogens is 386 g/mol. The lowest BCUT2D eigenvalue weighted by molar-refractivity contribution is 0.0697. The SMILES string of the molecule is CN(C)c1nsc([C@H]2CC(C3CCNCC3)CCN2c2ccc(C(=O)O)cc2)n1.